The van der Waals surface area contributed by atoms with Crippen molar-refractivity contribution in [3.05, 3.63) is 35.5 Å². The zero-order valence-electron chi connectivity index (χ0n) is 12.5. The maximum absolute atomic E-state index is 3.39. The van der Waals surface area contributed by atoms with Crippen LogP contribution in [0.1, 0.15) is 52.7 Å². The highest BCUT2D eigenvalue weighted by Gasteiger charge is 2.17. The molecule has 0 radical (unpaired) electrons. The quantitative estimate of drug-likeness (QED) is 0.721. The van der Waals surface area contributed by atoms with Gasteiger partial charge in [0.2, 0.25) is 0 Å². The molecule has 18 heavy (non-hydrogen) atoms. The van der Waals surface area contributed by atoms with Crippen molar-refractivity contribution in [2.75, 3.05) is 0 Å². The minimum atomic E-state index is 0.213. The van der Waals surface area contributed by atoms with Crippen molar-refractivity contribution in [1.29, 1.82) is 0 Å². The summed E-state index contributed by atoms with van der Waals surface area (Å²) in [6.07, 6.45) is 3.28. The second-order valence-corrected chi connectivity index (χ2v) is 7.56. The van der Waals surface area contributed by atoms with Gasteiger partial charge in [0, 0.05) is 17.1 Å². The molecule has 1 N–H and O–H groups in total. The monoisotopic (exact) mass is 243 g/mol. The van der Waals surface area contributed by atoms with E-state index in [0.29, 0.717) is 5.41 Å². The summed E-state index contributed by atoms with van der Waals surface area (Å²) in [5, 5.41) is 1.39. The lowest BCUT2D eigenvalue weighted by Gasteiger charge is -2.20. The molecular formula is C17H25N. The number of hydrogen-bond acceptors (Lipinski definition) is 0. The van der Waals surface area contributed by atoms with E-state index in [1.54, 1.807) is 0 Å². The van der Waals surface area contributed by atoms with E-state index in [-0.39, 0.29) is 5.41 Å². The first-order valence-corrected chi connectivity index (χ1v) is 6.77. The SMILES string of the molecule is CC(C)(C)Cc1c[nH]c2ccc(C(C)(C)C)cc12. The van der Waals surface area contributed by atoms with Gasteiger partial charge in [-0.15, -0.1) is 0 Å². The molecule has 1 heterocycles. The van der Waals surface area contributed by atoms with Gasteiger partial charge >= 0.3 is 0 Å². The second kappa shape index (κ2) is 4.15. The average Bonchev–Trinajstić information content (AvgIpc) is 2.57. The van der Waals surface area contributed by atoms with Gasteiger partial charge in [-0.1, -0.05) is 47.6 Å². The summed E-state index contributed by atoms with van der Waals surface area (Å²) in [5.74, 6) is 0. The molecule has 0 aliphatic carbocycles. The summed E-state index contributed by atoms with van der Waals surface area (Å²) in [6.45, 7) is 13.7. The van der Waals surface area contributed by atoms with Crippen LogP contribution >= 0.6 is 0 Å². The molecule has 0 saturated carbocycles. The van der Waals surface area contributed by atoms with Crippen molar-refractivity contribution in [2.45, 2.75) is 53.4 Å². The Balaban J connectivity index is 2.50. The Labute approximate surface area is 111 Å². The van der Waals surface area contributed by atoms with Crippen molar-refractivity contribution >= 4 is 10.9 Å². The van der Waals surface area contributed by atoms with E-state index in [9.17, 15) is 0 Å². The molecule has 0 aliphatic rings. The maximum atomic E-state index is 3.39. The highest BCUT2D eigenvalue weighted by Crippen LogP contribution is 2.30. The van der Waals surface area contributed by atoms with E-state index < -0.39 is 0 Å². The molecule has 0 unspecified atom stereocenters. The van der Waals surface area contributed by atoms with Crippen LogP contribution in [-0.4, -0.2) is 4.98 Å². The average molecular weight is 243 g/mol. The van der Waals surface area contributed by atoms with Gasteiger partial charge in [-0.3, -0.25) is 0 Å². The van der Waals surface area contributed by atoms with Crippen LogP contribution in [0.2, 0.25) is 0 Å². The normalized spacial score (nSPS) is 13.2. The standard InChI is InChI=1S/C17H25N/c1-16(2,3)10-12-11-18-15-8-7-13(9-14(12)15)17(4,5)6/h7-9,11,18H,10H2,1-6H3. The lowest BCUT2D eigenvalue weighted by atomic mass is 9.84. The van der Waals surface area contributed by atoms with Gasteiger partial charge < -0.3 is 4.98 Å². The number of fused-ring (bicyclic) bond motifs is 1. The molecule has 98 valence electrons. The maximum Gasteiger partial charge on any atom is 0.0456 e. The Morgan fingerprint density at radius 2 is 1.67 bits per heavy atom. The van der Waals surface area contributed by atoms with Gasteiger partial charge in [0.1, 0.15) is 0 Å². The van der Waals surface area contributed by atoms with Gasteiger partial charge in [-0.05, 0) is 40.5 Å². The fraction of sp³-hybridized carbons (Fsp3) is 0.529. The van der Waals surface area contributed by atoms with E-state index in [4.69, 9.17) is 0 Å². The smallest absolute Gasteiger partial charge is 0.0456 e. The zero-order valence-corrected chi connectivity index (χ0v) is 12.5. The fourth-order valence-corrected chi connectivity index (χ4v) is 2.36. The number of benzene rings is 1. The lowest BCUT2D eigenvalue weighted by Crippen LogP contribution is -2.11. The van der Waals surface area contributed by atoms with Crippen LogP contribution in [0.15, 0.2) is 24.4 Å². The molecule has 1 aromatic carbocycles. The van der Waals surface area contributed by atoms with Crippen molar-refractivity contribution in [3.63, 3.8) is 0 Å². The molecule has 0 spiro atoms. The van der Waals surface area contributed by atoms with E-state index in [0.717, 1.165) is 6.42 Å². The molecule has 1 heteroatoms. The molecule has 2 rings (SSSR count). The minimum absolute atomic E-state index is 0.213. The Morgan fingerprint density at radius 1 is 1.00 bits per heavy atom. The highest BCUT2D eigenvalue weighted by atomic mass is 14.7. The van der Waals surface area contributed by atoms with E-state index in [1.165, 1.54) is 22.0 Å². The van der Waals surface area contributed by atoms with Gasteiger partial charge in [0.05, 0.1) is 0 Å². The summed E-state index contributed by atoms with van der Waals surface area (Å²) in [5.41, 5.74) is 4.63. The van der Waals surface area contributed by atoms with Crippen molar-refractivity contribution in [3.8, 4) is 0 Å². The topological polar surface area (TPSA) is 15.8 Å². The highest BCUT2D eigenvalue weighted by molar-refractivity contribution is 5.84. The minimum Gasteiger partial charge on any atom is -0.361 e. The Kier molecular flexibility index (Phi) is 3.04. The first kappa shape index (κ1) is 13.2. The molecule has 1 aromatic heterocycles. The van der Waals surface area contributed by atoms with Gasteiger partial charge in [-0.2, -0.15) is 0 Å². The van der Waals surface area contributed by atoms with Crippen molar-refractivity contribution < 1.29 is 0 Å². The van der Waals surface area contributed by atoms with Gasteiger partial charge in [-0.25, -0.2) is 0 Å². The molecule has 0 aliphatic heterocycles. The number of nitrogens with one attached hydrogen (secondary N) is 1. The molecule has 0 saturated heterocycles. The fourth-order valence-electron chi connectivity index (χ4n) is 2.36. The second-order valence-electron chi connectivity index (χ2n) is 7.56. The summed E-state index contributed by atoms with van der Waals surface area (Å²) in [6, 6.07) is 6.80. The van der Waals surface area contributed by atoms with Crippen LogP contribution < -0.4 is 0 Å². The van der Waals surface area contributed by atoms with Gasteiger partial charge in [0.15, 0.2) is 0 Å². The van der Waals surface area contributed by atoms with Gasteiger partial charge in [0.25, 0.3) is 0 Å². The first-order valence-electron chi connectivity index (χ1n) is 6.77. The number of rotatable bonds is 1. The van der Waals surface area contributed by atoms with Crippen LogP contribution in [0.5, 0.6) is 0 Å². The Morgan fingerprint density at radius 3 is 2.22 bits per heavy atom. The number of hydrogen-bond donors (Lipinski definition) is 1. The van der Waals surface area contributed by atoms with Crippen LogP contribution in [0.4, 0.5) is 0 Å². The zero-order chi connectivity index (χ0) is 13.6. The van der Waals surface area contributed by atoms with Crippen LogP contribution in [0, 0.1) is 5.41 Å². The summed E-state index contributed by atoms with van der Waals surface area (Å²) >= 11 is 0. The third-order valence-electron chi connectivity index (χ3n) is 3.35. The molecule has 1 nitrogen and oxygen atoms in total. The third kappa shape index (κ3) is 2.77. The molecule has 0 bridgehead atoms. The number of aromatic amines is 1. The predicted octanol–water partition coefficient (Wildman–Crippen LogP) is 5.05. The number of aromatic nitrogens is 1. The summed E-state index contributed by atoms with van der Waals surface area (Å²) in [7, 11) is 0. The molecule has 0 fully saturated rings. The summed E-state index contributed by atoms with van der Waals surface area (Å²) in [4.78, 5) is 3.39. The van der Waals surface area contributed by atoms with Crippen molar-refractivity contribution in [2.24, 2.45) is 5.41 Å². The van der Waals surface area contributed by atoms with Crippen molar-refractivity contribution in [1.82, 2.24) is 4.98 Å². The lowest BCUT2D eigenvalue weighted by molar-refractivity contribution is 0.412. The van der Waals surface area contributed by atoms with E-state index in [2.05, 4.69) is 70.9 Å². The van der Waals surface area contributed by atoms with Crippen LogP contribution in [-0.2, 0) is 11.8 Å². The first-order chi connectivity index (χ1) is 8.17. The Hall–Kier alpha value is -1.24. The molecule has 2 aromatic rings. The molecule has 0 atom stereocenters. The Bertz CT molecular complexity index is 547. The van der Waals surface area contributed by atoms with E-state index in [1.807, 2.05) is 0 Å². The van der Waals surface area contributed by atoms with Crippen LogP contribution in [0.25, 0.3) is 10.9 Å². The molecule has 0 amide bonds. The predicted molar refractivity (Wildman–Crippen MR) is 80.2 cm³/mol. The van der Waals surface area contributed by atoms with E-state index >= 15 is 0 Å². The number of H-pyrrole nitrogens is 1. The van der Waals surface area contributed by atoms with Crippen LogP contribution in [0.3, 0.4) is 0 Å². The summed E-state index contributed by atoms with van der Waals surface area (Å²) < 4.78 is 0. The third-order valence-corrected chi connectivity index (χ3v) is 3.35. The largest absolute Gasteiger partial charge is 0.361 e. The molecular weight excluding hydrogens is 218 g/mol.